The fourth-order valence-electron chi connectivity index (χ4n) is 2.35. The lowest BCUT2D eigenvalue weighted by atomic mass is 10.0. The van der Waals surface area contributed by atoms with E-state index in [1.54, 1.807) is 0 Å². The first kappa shape index (κ1) is 14.9. The largest absolute Gasteiger partial charge is 0.357 e. The van der Waals surface area contributed by atoms with E-state index >= 15 is 0 Å². The summed E-state index contributed by atoms with van der Waals surface area (Å²) in [7, 11) is 0. The second-order valence-electron chi connectivity index (χ2n) is 4.83. The number of hydrogen-bond acceptors (Lipinski definition) is 0. The van der Waals surface area contributed by atoms with Crippen molar-refractivity contribution >= 4 is 45.8 Å². The number of H-pyrrole nitrogens is 1. The van der Waals surface area contributed by atoms with Crippen molar-refractivity contribution in [2.75, 3.05) is 0 Å². The standard InChI is InChI=1S/C17H12Cl2IN/c1-10-16(19)15(12-3-2-4-14(20)9-12)17(21-10)11-5-7-13(18)8-6-11/h2-9,21H,1H3. The first-order chi connectivity index (χ1) is 10.1. The number of nitrogens with one attached hydrogen (secondary N) is 1. The molecule has 0 unspecified atom stereocenters. The zero-order chi connectivity index (χ0) is 15.0. The molecule has 0 bridgehead atoms. The van der Waals surface area contributed by atoms with Crippen molar-refractivity contribution in [2.24, 2.45) is 0 Å². The summed E-state index contributed by atoms with van der Waals surface area (Å²) in [6.45, 7) is 1.99. The zero-order valence-corrected chi connectivity index (χ0v) is 14.9. The van der Waals surface area contributed by atoms with Gasteiger partial charge in [0, 0.05) is 19.9 Å². The minimum absolute atomic E-state index is 0.726. The van der Waals surface area contributed by atoms with Crippen LogP contribution in [-0.2, 0) is 0 Å². The highest BCUT2D eigenvalue weighted by Gasteiger charge is 2.16. The van der Waals surface area contributed by atoms with Crippen LogP contribution in [0.3, 0.4) is 0 Å². The second-order valence-corrected chi connectivity index (χ2v) is 6.89. The number of aryl methyl sites for hydroxylation is 1. The molecule has 0 aliphatic rings. The van der Waals surface area contributed by atoms with Crippen LogP contribution < -0.4 is 0 Å². The fourth-order valence-corrected chi connectivity index (χ4v) is 3.27. The summed E-state index contributed by atoms with van der Waals surface area (Å²) in [6, 6.07) is 16.1. The third-order valence-electron chi connectivity index (χ3n) is 3.36. The zero-order valence-electron chi connectivity index (χ0n) is 11.3. The summed E-state index contributed by atoms with van der Waals surface area (Å²) in [4.78, 5) is 3.39. The first-order valence-electron chi connectivity index (χ1n) is 6.46. The van der Waals surface area contributed by atoms with E-state index in [1.807, 2.05) is 37.3 Å². The van der Waals surface area contributed by atoms with E-state index in [2.05, 4.69) is 45.8 Å². The highest BCUT2D eigenvalue weighted by atomic mass is 127. The van der Waals surface area contributed by atoms with Gasteiger partial charge in [-0.2, -0.15) is 0 Å². The van der Waals surface area contributed by atoms with Crippen LogP contribution in [0.25, 0.3) is 22.4 Å². The molecule has 1 heterocycles. The van der Waals surface area contributed by atoms with Crippen molar-refractivity contribution in [3.05, 3.63) is 67.8 Å². The molecule has 3 rings (SSSR count). The Balaban J connectivity index is 2.23. The summed E-state index contributed by atoms with van der Waals surface area (Å²) >= 11 is 14.8. The summed E-state index contributed by atoms with van der Waals surface area (Å²) in [5, 5.41) is 1.49. The van der Waals surface area contributed by atoms with Crippen LogP contribution in [0, 0.1) is 10.5 Å². The van der Waals surface area contributed by atoms with E-state index in [0.717, 1.165) is 38.1 Å². The Kier molecular flexibility index (Phi) is 4.29. The highest BCUT2D eigenvalue weighted by Crippen LogP contribution is 2.40. The summed E-state index contributed by atoms with van der Waals surface area (Å²) < 4.78 is 1.18. The molecule has 1 N–H and O–H groups in total. The molecule has 0 radical (unpaired) electrons. The molecular formula is C17H12Cl2IN. The predicted octanol–water partition coefficient (Wildman–Crippen LogP) is 6.57. The predicted molar refractivity (Wildman–Crippen MR) is 99.1 cm³/mol. The van der Waals surface area contributed by atoms with Gasteiger partial charge in [-0.05, 0) is 64.9 Å². The van der Waals surface area contributed by atoms with Crippen LogP contribution in [0.4, 0.5) is 0 Å². The third kappa shape index (κ3) is 2.98. The van der Waals surface area contributed by atoms with Crippen LogP contribution in [0.2, 0.25) is 10.0 Å². The van der Waals surface area contributed by atoms with Gasteiger partial charge < -0.3 is 4.98 Å². The van der Waals surface area contributed by atoms with Gasteiger partial charge in [-0.15, -0.1) is 0 Å². The minimum atomic E-state index is 0.726. The van der Waals surface area contributed by atoms with Crippen molar-refractivity contribution in [3.8, 4) is 22.4 Å². The van der Waals surface area contributed by atoms with Gasteiger partial charge in [0.05, 0.1) is 10.7 Å². The van der Waals surface area contributed by atoms with Crippen molar-refractivity contribution < 1.29 is 0 Å². The van der Waals surface area contributed by atoms with E-state index in [-0.39, 0.29) is 0 Å². The maximum Gasteiger partial charge on any atom is 0.0695 e. The van der Waals surface area contributed by atoms with Gasteiger partial charge in [-0.1, -0.05) is 47.5 Å². The van der Waals surface area contributed by atoms with Gasteiger partial charge in [-0.25, -0.2) is 0 Å². The number of rotatable bonds is 2. The molecule has 0 aliphatic heterocycles. The number of aromatic amines is 1. The van der Waals surface area contributed by atoms with Crippen molar-refractivity contribution in [2.45, 2.75) is 6.92 Å². The maximum atomic E-state index is 6.52. The number of hydrogen-bond donors (Lipinski definition) is 1. The van der Waals surface area contributed by atoms with Gasteiger partial charge in [0.15, 0.2) is 0 Å². The number of aromatic nitrogens is 1. The van der Waals surface area contributed by atoms with E-state index in [9.17, 15) is 0 Å². The van der Waals surface area contributed by atoms with Crippen LogP contribution in [0.15, 0.2) is 48.5 Å². The minimum Gasteiger partial charge on any atom is -0.357 e. The quantitative estimate of drug-likeness (QED) is 0.445. The molecule has 1 nitrogen and oxygen atoms in total. The average molecular weight is 428 g/mol. The Labute approximate surface area is 147 Å². The topological polar surface area (TPSA) is 15.8 Å². The molecule has 0 atom stereocenters. The SMILES string of the molecule is Cc1[nH]c(-c2ccc(Cl)cc2)c(-c2cccc(I)c2)c1Cl. The maximum absolute atomic E-state index is 6.52. The molecule has 2 aromatic carbocycles. The normalized spacial score (nSPS) is 10.9. The van der Waals surface area contributed by atoms with Crippen LogP contribution in [-0.4, -0.2) is 4.98 Å². The molecule has 0 fully saturated rings. The Morgan fingerprint density at radius 1 is 0.952 bits per heavy atom. The van der Waals surface area contributed by atoms with Crippen molar-refractivity contribution in [3.63, 3.8) is 0 Å². The Hall–Kier alpha value is -0.970. The smallest absolute Gasteiger partial charge is 0.0695 e. The van der Waals surface area contributed by atoms with E-state index in [0.29, 0.717) is 0 Å². The molecule has 0 saturated carbocycles. The lowest BCUT2D eigenvalue weighted by Gasteiger charge is -2.06. The monoisotopic (exact) mass is 427 g/mol. The second kappa shape index (κ2) is 6.03. The van der Waals surface area contributed by atoms with Gasteiger partial charge in [-0.3, -0.25) is 0 Å². The Morgan fingerprint density at radius 3 is 2.33 bits per heavy atom. The van der Waals surface area contributed by atoms with Gasteiger partial charge in [0.2, 0.25) is 0 Å². The molecule has 106 valence electrons. The molecule has 4 heteroatoms. The van der Waals surface area contributed by atoms with Crippen LogP contribution in [0.5, 0.6) is 0 Å². The van der Waals surface area contributed by atoms with Gasteiger partial charge in [0.1, 0.15) is 0 Å². The van der Waals surface area contributed by atoms with Crippen molar-refractivity contribution in [1.82, 2.24) is 4.98 Å². The summed E-state index contributed by atoms with van der Waals surface area (Å²) in [6.07, 6.45) is 0. The van der Waals surface area contributed by atoms with E-state index in [1.165, 1.54) is 3.57 Å². The van der Waals surface area contributed by atoms with Crippen molar-refractivity contribution in [1.29, 1.82) is 0 Å². The number of halogens is 3. The molecule has 1 aromatic heterocycles. The first-order valence-corrected chi connectivity index (χ1v) is 8.29. The summed E-state index contributed by atoms with van der Waals surface area (Å²) in [5.41, 5.74) is 5.21. The molecule has 21 heavy (non-hydrogen) atoms. The molecule has 0 spiro atoms. The van der Waals surface area contributed by atoms with E-state index < -0.39 is 0 Å². The van der Waals surface area contributed by atoms with Crippen LogP contribution >= 0.6 is 45.8 Å². The molecule has 0 aliphatic carbocycles. The summed E-state index contributed by atoms with van der Waals surface area (Å²) in [5.74, 6) is 0. The lowest BCUT2D eigenvalue weighted by Crippen LogP contribution is -1.84. The molecule has 3 aromatic rings. The Bertz CT molecular complexity index is 791. The highest BCUT2D eigenvalue weighted by molar-refractivity contribution is 14.1. The third-order valence-corrected chi connectivity index (χ3v) is 4.75. The average Bonchev–Trinajstić information content (AvgIpc) is 2.76. The lowest BCUT2D eigenvalue weighted by molar-refractivity contribution is 1.27. The Morgan fingerprint density at radius 2 is 1.67 bits per heavy atom. The number of benzene rings is 2. The molecular weight excluding hydrogens is 416 g/mol. The van der Waals surface area contributed by atoms with Crippen LogP contribution in [0.1, 0.15) is 5.69 Å². The molecule has 0 saturated heterocycles. The molecule has 0 amide bonds. The van der Waals surface area contributed by atoms with Gasteiger partial charge >= 0.3 is 0 Å². The van der Waals surface area contributed by atoms with Gasteiger partial charge in [0.25, 0.3) is 0 Å². The van der Waals surface area contributed by atoms with E-state index in [4.69, 9.17) is 23.2 Å². The fraction of sp³-hybridized carbons (Fsp3) is 0.0588.